The van der Waals surface area contributed by atoms with E-state index >= 15 is 0 Å². The largest absolute Gasteiger partial charge is 0.497 e. The predicted molar refractivity (Wildman–Crippen MR) is 84.6 cm³/mol. The third-order valence-electron chi connectivity index (χ3n) is 3.07. The molecule has 0 saturated carbocycles. The van der Waals surface area contributed by atoms with Gasteiger partial charge in [0.2, 0.25) is 0 Å². The van der Waals surface area contributed by atoms with Crippen LogP contribution in [0.4, 0.5) is 5.69 Å². The van der Waals surface area contributed by atoms with Crippen molar-refractivity contribution in [1.29, 1.82) is 0 Å². The summed E-state index contributed by atoms with van der Waals surface area (Å²) in [4.78, 5) is 0. The van der Waals surface area contributed by atoms with Crippen LogP contribution >= 0.6 is 0 Å². The molecule has 0 heterocycles. The predicted octanol–water partition coefficient (Wildman–Crippen LogP) is 3.58. The molecule has 2 rings (SSSR count). The van der Waals surface area contributed by atoms with Crippen LogP contribution in [0.1, 0.15) is 6.42 Å². The Morgan fingerprint density at radius 3 is 1.86 bits per heavy atom. The van der Waals surface area contributed by atoms with Gasteiger partial charge in [0, 0.05) is 12.2 Å². The Morgan fingerprint density at radius 2 is 1.29 bits per heavy atom. The SMILES string of the molecule is COc1ccc(NCCCOc2ccc(OC)cc2)cc1. The fourth-order valence-electron chi connectivity index (χ4n) is 1.88. The van der Waals surface area contributed by atoms with Gasteiger partial charge in [-0.1, -0.05) is 0 Å². The van der Waals surface area contributed by atoms with E-state index in [-0.39, 0.29) is 0 Å². The van der Waals surface area contributed by atoms with Crippen molar-refractivity contribution < 1.29 is 14.2 Å². The smallest absolute Gasteiger partial charge is 0.119 e. The van der Waals surface area contributed by atoms with Crippen molar-refractivity contribution in [3.8, 4) is 17.2 Å². The number of rotatable bonds is 8. The van der Waals surface area contributed by atoms with Gasteiger partial charge in [-0.15, -0.1) is 0 Å². The number of hydrogen-bond donors (Lipinski definition) is 1. The van der Waals surface area contributed by atoms with E-state index in [1.165, 1.54) is 0 Å². The molecule has 0 aliphatic heterocycles. The molecule has 2 aromatic rings. The fraction of sp³-hybridized carbons (Fsp3) is 0.294. The molecule has 0 amide bonds. The first-order valence-electron chi connectivity index (χ1n) is 6.96. The van der Waals surface area contributed by atoms with Gasteiger partial charge in [-0.05, 0) is 55.0 Å². The zero-order chi connectivity index (χ0) is 14.9. The first-order valence-corrected chi connectivity index (χ1v) is 6.96. The topological polar surface area (TPSA) is 39.7 Å². The van der Waals surface area contributed by atoms with Gasteiger partial charge in [0.1, 0.15) is 17.2 Å². The molecule has 0 atom stereocenters. The van der Waals surface area contributed by atoms with Crippen LogP contribution < -0.4 is 19.5 Å². The summed E-state index contributed by atoms with van der Waals surface area (Å²) in [5, 5.41) is 3.34. The molecule has 4 heteroatoms. The molecule has 0 aliphatic rings. The summed E-state index contributed by atoms with van der Waals surface area (Å²) in [5.74, 6) is 2.56. The average Bonchev–Trinajstić information content (AvgIpc) is 2.55. The Labute approximate surface area is 125 Å². The highest BCUT2D eigenvalue weighted by Gasteiger charge is 1.96. The van der Waals surface area contributed by atoms with E-state index in [9.17, 15) is 0 Å². The Balaban J connectivity index is 1.64. The van der Waals surface area contributed by atoms with Crippen molar-refractivity contribution in [1.82, 2.24) is 0 Å². The van der Waals surface area contributed by atoms with Gasteiger partial charge in [0.15, 0.2) is 0 Å². The molecule has 0 radical (unpaired) electrons. The standard InChI is InChI=1S/C17H21NO3/c1-19-15-6-4-14(5-7-15)18-12-3-13-21-17-10-8-16(20-2)9-11-17/h4-11,18H,3,12-13H2,1-2H3. The van der Waals surface area contributed by atoms with Crippen LogP contribution in [0.5, 0.6) is 17.2 Å². The van der Waals surface area contributed by atoms with Crippen molar-refractivity contribution in [2.45, 2.75) is 6.42 Å². The van der Waals surface area contributed by atoms with Crippen LogP contribution in [-0.4, -0.2) is 27.4 Å². The summed E-state index contributed by atoms with van der Waals surface area (Å²) in [5.41, 5.74) is 1.08. The lowest BCUT2D eigenvalue weighted by molar-refractivity contribution is 0.314. The van der Waals surface area contributed by atoms with Crippen LogP contribution in [0.2, 0.25) is 0 Å². The number of benzene rings is 2. The lowest BCUT2D eigenvalue weighted by atomic mass is 10.3. The quantitative estimate of drug-likeness (QED) is 0.753. The van der Waals surface area contributed by atoms with Crippen LogP contribution in [0.3, 0.4) is 0 Å². The number of methoxy groups -OCH3 is 2. The van der Waals surface area contributed by atoms with E-state index in [1.807, 2.05) is 48.5 Å². The van der Waals surface area contributed by atoms with Crippen LogP contribution in [0.25, 0.3) is 0 Å². The van der Waals surface area contributed by atoms with E-state index in [1.54, 1.807) is 14.2 Å². The second-order valence-electron chi connectivity index (χ2n) is 4.53. The van der Waals surface area contributed by atoms with Gasteiger partial charge in [0.05, 0.1) is 20.8 Å². The van der Waals surface area contributed by atoms with Crippen molar-refractivity contribution in [2.75, 3.05) is 32.7 Å². The Hall–Kier alpha value is -2.36. The van der Waals surface area contributed by atoms with Gasteiger partial charge in [-0.25, -0.2) is 0 Å². The van der Waals surface area contributed by atoms with E-state index in [0.29, 0.717) is 6.61 Å². The highest BCUT2D eigenvalue weighted by Crippen LogP contribution is 2.17. The van der Waals surface area contributed by atoms with E-state index in [4.69, 9.17) is 14.2 Å². The molecule has 1 N–H and O–H groups in total. The number of hydrogen-bond acceptors (Lipinski definition) is 4. The minimum absolute atomic E-state index is 0.676. The van der Waals surface area contributed by atoms with Gasteiger partial charge in [-0.3, -0.25) is 0 Å². The zero-order valence-electron chi connectivity index (χ0n) is 12.5. The first kappa shape index (κ1) is 15.0. The van der Waals surface area contributed by atoms with Crippen LogP contribution in [0, 0.1) is 0 Å². The third kappa shape index (κ3) is 4.91. The lowest BCUT2D eigenvalue weighted by Crippen LogP contribution is -2.07. The molecule has 0 fully saturated rings. The molecule has 4 nitrogen and oxygen atoms in total. The summed E-state index contributed by atoms with van der Waals surface area (Å²) in [7, 11) is 3.32. The average molecular weight is 287 g/mol. The maximum Gasteiger partial charge on any atom is 0.119 e. The van der Waals surface area contributed by atoms with Crippen LogP contribution in [-0.2, 0) is 0 Å². The van der Waals surface area contributed by atoms with Crippen molar-refractivity contribution >= 4 is 5.69 Å². The second kappa shape index (κ2) is 8.04. The number of anilines is 1. The third-order valence-corrected chi connectivity index (χ3v) is 3.07. The number of nitrogens with one attached hydrogen (secondary N) is 1. The molecule has 0 bridgehead atoms. The van der Waals surface area contributed by atoms with Crippen molar-refractivity contribution in [3.63, 3.8) is 0 Å². The molecule has 0 unspecified atom stereocenters. The molecule has 21 heavy (non-hydrogen) atoms. The first-order chi connectivity index (χ1) is 10.3. The van der Waals surface area contributed by atoms with Crippen LogP contribution in [0.15, 0.2) is 48.5 Å². The minimum atomic E-state index is 0.676. The van der Waals surface area contributed by atoms with Gasteiger partial charge >= 0.3 is 0 Å². The van der Waals surface area contributed by atoms with Crippen molar-refractivity contribution in [2.24, 2.45) is 0 Å². The van der Waals surface area contributed by atoms with E-state index in [0.717, 1.165) is 35.9 Å². The summed E-state index contributed by atoms with van der Waals surface area (Å²) in [6.07, 6.45) is 0.929. The molecule has 0 aromatic heterocycles. The van der Waals surface area contributed by atoms with E-state index < -0.39 is 0 Å². The molecule has 0 aliphatic carbocycles. The van der Waals surface area contributed by atoms with Gasteiger partial charge in [-0.2, -0.15) is 0 Å². The summed E-state index contributed by atoms with van der Waals surface area (Å²) in [6.45, 7) is 1.54. The summed E-state index contributed by atoms with van der Waals surface area (Å²) in [6, 6.07) is 15.5. The van der Waals surface area contributed by atoms with Crippen molar-refractivity contribution in [3.05, 3.63) is 48.5 Å². The Bertz CT molecular complexity index is 473. The normalized spacial score (nSPS) is 10.0. The van der Waals surface area contributed by atoms with E-state index in [2.05, 4.69) is 5.32 Å². The van der Waals surface area contributed by atoms with Gasteiger partial charge in [0.25, 0.3) is 0 Å². The fourth-order valence-corrected chi connectivity index (χ4v) is 1.88. The zero-order valence-corrected chi connectivity index (χ0v) is 12.5. The molecular formula is C17H21NO3. The Kier molecular flexibility index (Phi) is 5.76. The summed E-state index contributed by atoms with van der Waals surface area (Å²) < 4.78 is 15.9. The molecule has 0 spiro atoms. The summed E-state index contributed by atoms with van der Waals surface area (Å²) >= 11 is 0. The highest BCUT2D eigenvalue weighted by atomic mass is 16.5. The Morgan fingerprint density at radius 1 is 0.762 bits per heavy atom. The second-order valence-corrected chi connectivity index (χ2v) is 4.53. The van der Waals surface area contributed by atoms with Gasteiger partial charge < -0.3 is 19.5 Å². The monoisotopic (exact) mass is 287 g/mol. The number of ether oxygens (including phenoxy) is 3. The maximum absolute atomic E-state index is 5.66. The molecular weight excluding hydrogens is 266 g/mol. The molecule has 2 aromatic carbocycles. The maximum atomic E-state index is 5.66. The molecule has 112 valence electrons. The molecule has 0 saturated heterocycles. The lowest BCUT2D eigenvalue weighted by Gasteiger charge is -2.09. The minimum Gasteiger partial charge on any atom is -0.497 e. The highest BCUT2D eigenvalue weighted by molar-refractivity contribution is 5.46.